The zero-order valence-corrected chi connectivity index (χ0v) is 20.3. The normalized spacial score (nSPS) is 45.7. The van der Waals surface area contributed by atoms with E-state index in [2.05, 4.69) is 41.5 Å². The first-order valence-corrected chi connectivity index (χ1v) is 13.0. The van der Waals surface area contributed by atoms with E-state index >= 15 is 0 Å². The summed E-state index contributed by atoms with van der Waals surface area (Å²) in [7, 11) is 0. The smallest absolute Gasteiger partial charge is 0.0546 e. The van der Waals surface area contributed by atoms with Crippen molar-refractivity contribution in [2.24, 2.45) is 39.9 Å². The van der Waals surface area contributed by atoms with E-state index < -0.39 is 0 Å². The number of allylic oxidation sites excluding steroid dienone is 2. The average Bonchev–Trinajstić information content (AvgIpc) is 2.99. The third-order valence-electron chi connectivity index (χ3n) is 10.9. The van der Waals surface area contributed by atoms with E-state index in [4.69, 9.17) is 0 Å². The topological polar surface area (TPSA) is 20.2 Å². The second-order valence-electron chi connectivity index (χ2n) is 12.8. The lowest BCUT2D eigenvalue weighted by Crippen LogP contribution is -2.51. The molecular formula is C28H48O. The number of hydrogen-bond acceptors (Lipinski definition) is 1. The first-order valence-electron chi connectivity index (χ1n) is 13.0. The van der Waals surface area contributed by atoms with Gasteiger partial charge in [-0.25, -0.2) is 0 Å². The fraction of sp³-hybridized carbons (Fsp3) is 0.929. The van der Waals surface area contributed by atoms with Gasteiger partial charge in [-0.1, -0.05) is 72.0 Å². The zero-order valence-electron chi connectivity index (χ0n) is 20.3. The SMILES string of the molecule is CC(C)CCC[C@@H](C)[C@H]1CC[C@H]2C3=C(CC[C@]12C)[C@@]1(C)CC[C@@H](O)C[C@@]1(C)CC3. The van der Waals surface area contributed by atoms with Crippen molar-refractivity contribution in [2.45, 2.75) is 125 Å². The minimum absolute atomic E-state index is 0.0633. The molecule has 1 heteroatoms. The molecule has 2 fully saturated rings. The van der Waals surface area contributed by atoms with E-state index in [1.54, 1.807) is 0 Å². The monoisotopic (exact) mass is 400 g/mol. The van der Waals surface area contributed by atoms with Crippen molar-refractivity contribution in [1.82, 2.24) is 0 Å². The zero-order chi connectivity index (χ0) is 21.0. The molecule has 0 bridgehead atoms. The molecule has 0 heterocycles. The Morgan fingerprint density at radius 2 is 1.69 bits per heavy atom. The van der Waals surface area contributed by atoms with Gasteiger partial charge in [0, 0.05) is 0 Å². The summed E-state index contributed by atoms with van der Waals surface area (Å²) in [5, 5.41) is 10.4. The standard InChI is InChI=1S/C28H48O/c1-19(2)8-7-9-20(3)23-10-11-24-22-13-15-26(4)18-21(29)12-17-28(26,6)25(22)14-16-27(23,24)5/h19-21,23-24,29H,7-18H2,1-6H3/t20-,21-,23-,24+,26-,27-,28-/m1/s1. The second kappa shape index (κ2) is 7.68. The molecule has 29 heavy (non-hydrogen) atoms. The van der Waals surface area contributed by atoms with Gasteiger partial charge in [0.05, 0.1) is 6.10 Å². The van der Waals surface area contributed by atoms with E-state index in [-0.39, 0.29) is 6.10 Å². The number of rotatable bonds is 5. The molecular weight excluding hydrogens is 352 g/mol. The molecule has 0 spiro atoms. The number of fused-ring (bicyclic) bond motifs is 4. The van der Waals surface area contributed by atoms with Crippen LogP contribution in [0.3, 0.4) is 0 Å². The van der Waals surface area contributed by atoms with Gasteiger partial charge in [0.2, 0.25) is 0 Å². The van der Waals surface area contributed by atoms with Gasteiger partial charge in [0.15, 0.2) is 0 Å². The summed E-state index contributed by atoms with van der Waals surface area (Å²) < 4.78 is 0. The van der Waals surface area contributed by atoms with Crippen molar-refractivity contribution in [3.63, 3.8) is 0 Å². The quantitative estimate of drug-likeness (QED) is 0.465. The van der Waals surface area contributed by atoms with Crippen LogP contribution in [0.1, 0.15) is 119 Å². The van der Waals surface area contributed by atoms with Crippen LogP contribution in [0.2, 0.25) is 0 Å². The Bertz CT molecular complexity index is 647. The van der Waals surface area contributed by atoms with Gasteiger partial charge in [-0.15, -0.1) is 0 Å². The van der Waals surface area contributed by atoms with Crippen molar-refractivity contribution in [1.29, 1.82) is 0 Å². The maximum absolute atomic E-state index is 10.4. The fourth-order valence-electron chi connectivity index (χ4n) is 8.81. The van der Waals surface area contributed by atoms with Gasteiger partial charge < -0.3 is 5.11 Å². The summed E-state index contributed by atoms with van der Waals surface area (Å²) in [5.74, 6) is 3.53. The first-order chi connectivity index (χ1) is 13.6. The molecule has 2 saturated carbocycles. The highest BCUT2D eigenvalue weighted by Gasteiger charge is 2.58. The highest BCUT2D eigenvalue weighted by Crippen LogP contribution is 2.68. The highest BCUT2D eigenvalue weighted by atomic mass is 16.3. The van der Waals surface area contributed by atoms with Crippen LogP contribution in [0.5, 0.6) is 0 Å². The molecule has 1 nitrogen and oxygen atoms in total. The molecule has 166 valence electrons. The third-order valence-corrected chi connectivity index (χ3v) is 10.9. The largest absolute Gasteiger partial charge is 0.393 e. The predicted octanol–water partition coefficient (Wildman–Crippen LogP) is 7.92. The Morgan fingerprint density at radius 1 is 0.931 bits per heavy atom. The Kier molecular flexibility index (Phi) is 5.81. The maximum Gasteiger partial charge on any atom is 0.0546 e. The lowest BCUT2D eigenvalue weighted by molar-refractivity contribution is -0.0483. The molecule has 1 N–H and O–H groups in total. The molecule has 0 aromatic heterocycles. The molecule has 0 saturated heterocycles. The van der Waals surface area contributed by atoms with Crippen LogP contribution < -0.4 is 0 Å². The van der Waals surface area contributed by atoms with E-state index in [1.165, 1.54) is 64.2 Å². The van der Waals surface area contributed by atoms with Gasteiger partial charge in [-0.2, -0.15) is 0 Å². The van der Waals surface area contributed by atoms with E-state index in [9.17, 15) is 5.11 Å². The molecule has 0 unspecified atom stereocenters. The molecule has 4 aliphatic carbocycles. The molecule has 4 aliphatic rings. The lowest BCUT2D eigenvalue weighted by Gasteiger charge is -2.60. The van der Waals surface area contributed by atoms with Gasteiger partial charge in [0.25, 0.3) is 0 Å². The Hall–Kier alpha value is -0.300. The first kappa shape index (κ1) is 21.9. The summed E-state index contributed by atoms with van der Waals surface area (Å²) in [4.78, 5) is 0. The predicted molar refractivity (Wildman–Crippen MR) is 124 cm³/mol. The molecule has 0 aliphatic heterocycles. The van der Waals surface area contributed by atoms with Gasteiger partial charge in [-0.3, -0.25) is 0 Å². The van der Waals surface area contributed by atoms with Crippen LogP contribution in [0.4, 0.5) is 0 Å². The van der Waals surface area contributed by atoms with Crippen molar-refractivity contribution >= 4 is 0 Å². The van der Waals surface area contributed by atoms with Crippen LogP contribution in [0, 0.1) is 39.9 Å². The van der Waals surface area contributed by atoms with Gasteiger partial charge in [0.1, 0.15) is 0 Å². The number of aliphatic hydroxyl groups is 1. The third kappa shape index (κ3) is 3.46. The molecule has 7 atom stereocenters. The lowest BCUT2D eigenvalue weighted by atomic mass is 9.45. The summed E-state index contributed by atoms with van der Waals surface area (Å²) in [6.45, 7) is 15.1. The Morgan fingerprint density at radius 3 is 2.41 bits per heavy atom. The Labute approximate surface area is 181 Å². The molecule has 0 aromatic rings. The van der Waals surface area contributed by atoms with Crippen molar-refractivity contribution in [2.75, 3.05) is 0 Å². The molecule has 0 radical (unpaired) electrons. The summed E-state index contributed by atoms with van der Waals surface area (Å²) in [6.07, 6.45) is 15.7. The van der Waals surface area contributed by atoms with E-state index in [0.29, 0.717) is 16.2 Å². The average molecular weight is 401 g/mol. The van der Waals surface area contributed by atoms with Crippen molar-refractivity contribution in [3.05, 3.63) is 11.1 Å². The van der Waals surface area contributed by atoms with Gasteiger partial charge >= 0.3 is 0 Å². The van der Waals surface area contributed by atoms with Crippen LogP contribution in [0.25, 0.3) is 0 Å². The van der Waals surface area contributed by atoms with E-state index in [1.807, 2.05) is 11.1 Å². The fourth-order valence-corrected chi connectivity index (χ4v) is 8.81. The Balaban J connectivity index is 1.56. The van der Waals surface area contributed by atoms with Gasteiger partial charge in [-0.05, 0) is 97.7 Å². The minimum Gasteiger partial charge on any atom is -0.393 e. The summed E-state index contributed by atoms with van der Waals surface area (Å²) in [5.41, 5.74) is 5.00. The maximum atomic E-state index is 10.4. The van der Waals surface area contributed by atoms with Crippen molar-refractivity contribution < 1.29 is 5.11 Å². The highest BCUT2D eigenvalue weighted by molar-refractivity contribution is 5.36. The minimum atomic E-state index is -0.0633. The van der Waals surface area contributed by atoms with Crippen LogP contribution in [-0.2, 0) is 0 Å². The van der Waals surface area contributed by atoms with E-state index in [0.717, 1.165) is 36.5 Å². The van der Waals surface area contributed by atoms with Crippen LogP contribution in [-0.4, -0.2) is 11.2 Å². The summed E-state index contributed by atoms with van der Waals surface area (Å²) in [6, 6.07) is 0. The molecule has 0 aromatic carbocycles. The molecule has 4 rings (SSSR count). The number of aliphatic hydroxyl groups excluding tert-OH is 1. The van der Waals surface area contributed by atoms with Crippen LogP contribution in [0.15, 0.2) is 11.1 Å². The van der Waals surface area contributed by atoms with Crippen LogP contribution >= 0.6 is 0 Å². The molecule has 0 amide bonds. The number of hydrogen-bond donors (Lipinski definition) is 1. The summed E-state index contributed by atoms with van der Waals surface area (Å²) >= 11 is 0. The van der Waals surface area contributed by atoms with Crippen molar-refractivity contribution in [3.8, 4) is 0 Å². The second-order valence-corrected chi connectivity index (χ2v) is 12.8.